The van der Waals surface area contributed by atoms with Crippen molar-refractivity contribution in [3.63, 3.8) is 0 Å². The minimum atomic E-state index is -3.94. The molecular formula is C17H19BrN2O4S. The number of alkyl halides is 1. The van der Waals surface area contributed by atoms with E-state index in [0.717, 1.165) is 11.1 Å². The summed E-state index contributed by atoms with van der Waals surface area (Å²) in [6, 6.07) is 12.1. The lowest BCUT2D eigenvalue weighted by molar-refractivity contribution is -0.536. The first-order valence-electron chi connectivity index (χ1n) is 7.53. The highest BCUT2D eigenvalue weighted by Crippen LogP contribution is 2.35. The highest BCUT2D eigenvalue weighted by molar-refractivity contribution is 9.10. The average molecular weight is 427 g/mol. The Morgan fingerprint density at radius 3 is 1.92 bits per heavy atom. The second kappa shape index (κ2) is 7.23. The maximum atomic E-state index is 12.7. The molecule has 0 amide bonds. The molecule has 2 atom stereocenters. The second-order valence-electron chi connectivity index (χ2n) is 6.06. The Morgan fingerprint density at radius 2 is 1.48 bits per heavy atom. The van der Waals surface area contributed by atoms with Crippen molar-refractivity contribution in [3.8, 4) is 0 Å². The number of rotatable bonds is 6. The van der Waals surface area contributed by atoms with Gasteiger partial charge in [-0.15, -0.1) is 0 Å². The highest BCUT2D eigenvalue weighted by Gasteiger charge is 2.46. The summed E-state index contributed by atoms with van der Waals surface area (Å²) in [5, 5.41) is 11.5. The van der Waals surface area contributed by atoms with Crippen molar-refractivity contribution in [2.75, 3.05) is 0 Å². The van der Waals surface area contributed by atoms with E-state index in [1.54, 1.807) is 36.4 Å². The molecule has 0 unspecified atom stereocenters. The van der Waals surface area contributed by atoms with Gasteiger partial charge in [0.1, 0.15) is 6.04 Å². The minimum Gasteiger partial charge on any atom is -0.263 e. The third-order valence-electron chi connectivity index (χ3n) is 3.90. The van der Waals surface area contributed by atoms with Crippen LogP contribution in [0.25, 0.3) is 0 Å². The SMILES string of the molecule is Cc1ccc([C@H](NS(=O)(=O)c2ccc(C)cc2)[C@](C)(Br)[N+](=O)[O-])cc1. The van der Waals surface area contributed by atoms with Gasteiger partial charge in [0.25, 0.3) is 4.45 Å². The fourth-order valence-corrected chi connectivity index (χ4v) is 4.12. The Morgan fingerprint density at radius 1 is 1.04 bits per heavy atom. The third-order valence-corrected chi connectivity index (χ3v) is 6.09. The first-order chi connectivity index (χ1) is 11.5. The van der Waals surface area contributed by atoms with Crippen LogP contribution in [0, 0.1) is 24.0 Å². The van der Waals surface area contributed by atoms with E-state index < -0.39 is 25.4 Å². The molecule has 0 saturated carbocycles. The van der Waals surface area contributed by atoms with Crippen LogP contribution >= 0.6 is 15.9 Å². The number of sulfonamides is 1. The number of hydrogen-bond acceptors (Lipinski definition) is 4. The molecule has 8 heteroatoms. The second-order valence-corrected chi connectivity index (χ2v) is 9.38. The van der Waals surface area contributed by atoms with Crippen molar-refractivity contribution in [2.45, 2.75) is 36.2 Å². The van der Waals surface area contributed by atoms with Crippen molar-refractivity contribution in [1.82, 2.24) is 4.72 Å². The molecule has 0 fully saturated rings. The highest BCUT2D eigenvalue weighted by atomic mass is 79.9. The van der Waals surface area contributed by atoms with Crippen molar-refractivity contribution in [3.05, 3.63) is 75.3 Å². The van der Waals surface area contributed by atoms with Crippen LogP contribution < -0.4 is 4.72 Å². The number of aryl methyl sites for hydroxylation is 2. The summed E-state index contributed by atoms with van der Waals surface area (Å²) in [5.41, 5.74) is 2.39. The predicted octanol–water partition coefficient (Wildman–Crippen LogP) is 3.71. The molecule has 0 heterocycles. The van der Waals surface area contributed by atoms with Gasteiger partial charge in [-0.1, -0.05) is 47.5 Å². The van der Waals surface area contributed by atoms with Crippen LogP contribution in [0.3, 0.4) is 0 Å². The summed E-state index contributed by atoms with van der Waals surface area (Å²) < 4.78 is 26.2. The topological polar surface area (TPSA) is 89.3 Å². The maximum Gasteiger partial charge on any atom is 0.291 e. The normalized spacial score (nSPS) is 15.4. The van der Waals surface area contributed by atoms with Gasteiger partial charge >= 0.3 is 0 Å². The first kappa shape index (κ1) is 19.6. The standard InChI is InChI=1S/C17H19BrN2O4S/c1-12-4-8-14(9-5-12)16(17(3,18)20(21)22)19-25(23,24)15-10-6-13(2)7-11-15/h4-11,16,19H,1-3H3/t16-,17+/m0/s1. The van der Waals surface area contributed by atoms with E-state index in [4.69, 9.17) is 0 Å². The molecule has 0 saturated heterocycles. The number of halogens is 1. The van der Waals surface area contributed by atoms with Gasteiger partial charge in [-0.2, -0.15) is 4.72 Å². The minimum absolute atomic E-state index is 0.0573. The van der Waals surface area contributed by atoms with Crippen LogP contribution in [-0.4, -0.2) is 17.8 Å². The monoisotopic (exact) mass is 426 g/mol. The van der Waals surface area contributed by atoms with Gasteiger partial charge in [0, 0.05) is 27.8 Å². The Hall–Kier alpha value is -1.77. The molecule has 0 aliphatic heterocycles. The number of hydrogen-bond donors (Lipinski definition) is 1. The zero-order valence-corrected chi connectivity index (χ0v) is 16.5. The summed E-state index contributed by atoms with van der Waals surface area (Å²) in [5.74, 6) is 0. The number of benzene rings is 2. The molecule has 0 aromatic heterocycles. The molecule has 0 aliphatic rings. The Bertz CT molecular complexity index is 863. The van der Waals surface area contributed by atoms with E-state index in [1.807, 2.05) is 13.8 Å². The van der Waals surface area contributed by atoms with Crippen molar-refractivity contribution in [1.29, 1.82) is 0 Å². The molecule has 6 nitrogen and oxygen atoms in total. The average Bonchev–Trinajstić information content (AvgIpc) is 2.54. The zero-order valence-electron chi connectivity index (χ0n) is 14.1. The van der Waals surface area contributed by atoms with Gasteiger partial charge in [0.05, 0.1) is 4.90 Å². The Balaban J connectivity index is 2.47. The van der Waals surface area contributed by atoms with Gasteiger partial charge in [-0.05, 0) is 31.5 Å². The number of nitrogens with zero attached hydrogens (tertiary/aromatic N) is 1. The van der Waals surface area contributed by atoms with Crippen molar-refractivity contribution in [2.24, 2.45) is 0 Å². The van der Waals surface area contributed by atoms with Gasteiger partial charge < -0.3 is 0 Å². The lowest BCUT2D eigenvalue weighted by Gasteiger charge is -2.26. The number of nitrogens with one attached hydrogen (secondary N) is 1. The quantitative estimate of drug-likeness (QED) is 0.329. The predicted molar refractivity (Wildman–Crippen MR) is 99.7 cm³/mol. The summed E-state index contributed by atoms with van der Waals surface area (Å²) >= 11 is 3.08. The van der Waals surface area contributed by atoms with Crippen molar-refractivity contribution < 1.29 is 13.3 Å². The molecule has 25 heavy (non-hydrogen) atoms. The Labute approximate surface area is 155 Å². The fourth-order valence-electron chi connectivity index (χ4n) is 2.28. The molecule has 0 bridgehead atoms. The van der Waals surface area contributed by atoms with E-state index in [2.05, 4.69) is 20.7 Å². The van der Waals surface area contributed by atoms with Gasteiger partial charge in [0.15, 0.2) is 0 Å². The maximum absolute atomic E-state index is 12.7. The fraction of sp³-hybridized carbons (Fsp3) is 0.294. The lowest BCUT2D eigenvalue weighted by Crippen LogP contribution is -2.45. The van der Waals surface area contributed by atoms with E-state index in [0.29, 0.717) is 5.56 Å². The molecule has 0 radical (unpaired) electrons. The molecule has 134 valence electrons. The van der Waals surface area contributed by atoms with Crippen LogP contribution in [0.2, 0.25) is 0 Å². The van der Waals surface area contributed by atoms with E-state index in [9.17, 15) is 18.5 Å². The zero-order chi connectivity index (χ0) is 18.8. The summed E-state index contributed by atoms with van der Waals surface area (Å²) in [4.78, 5) is 11.0. The van der Waals surface area contributed by atoms with Crippen LogP contribution in [0.15, 0.2) is 53.4 Å². The molecule has 0 spiro atoms. The summed E-state index contributed by atoms with van der Waals surface area (Å²) in [6.07, 6.45) is 0. The smallest absolute Gasteiger partial charge is 0.263 e. The summed E-state index contributed by atoms with van der Waals surface area (Å²) in [6.45, 7) is 5.06. The molecule has 0 aliphatic carbocycles. The van der Waals surface area contributed by atoms with Gasteiger partial charge in [0.2, 0.25) is 10.0 Å². The first-order valence-corrected chi connectivity index (χ1v) is 9.80. The van der Waals surface area contributed by atoms with E-state index in [-0.39, 0.29) is 4.90 Å². The van der Waals surface area contributed by atoms with Crippen molar-refractivity contribution >= 4 is 26.0 Å². The van der Waals surface area contributed by atoms with Crippen LogP contribution in [-0.2, 0) is 10.0 Å². The lowest BCUT2D eigenvalue weighted by atomic mass is 10.0. The molecule has 2 aromatic carbocycles. The van der Waals surface area contributed by atoms with Gasteiger partial charge in [-0.3, -0.25) is 10.1 Å². The molecule has 2 aromatic rings. The van der Waals surface area contributed by atoms with Gasteiger partial charge in [-0.25, -0.2) is 8.42 Å². The van der Waals surface area contributed by atoms with Crippen LogP contribution in [0.4, 0.5) is 0 Å². The summed E-state index contributed by atoms with van der Waals surface area (Å²) in [7, 11) is -3.94. The van der Waals surface area contributed by atoms with Crippen LogP contribution in [0.5, 0.6) is 0 Å². The van der Waals surface area contributed by atoms with Crippen LogP contribution in [0.1, 0.15) is 29.7 Å². The van der Waals surface area contributed by atoms with E-state index in [1.165, 1.54) is 19.1 Å². The third kappa shape index (κ3) is 4.45. The molecule has 1 N–H and O–H groups in total. The number of nitro groups is 1. The largest absolute Gasteiger partial charge is 0.291 e. The Kier molecular flexibility index (Phi) is 5.65. The van der Waals surface area contributed by atoms with E-state index >= 15 is 0 Å². The molecule has 2 rings (SSSR count). The molecular weight excluding hydrogens is 408 g/mol.